The van der Waals surface area contributed by atoms with E-state index in [0.717, 1.165) is 0 Å². The minimum atomic E-state index is -0.868. The SMILES string of the molecule is COC(=O)c1ccccc1NC(=O)COC(=O)c1cccc([N+](=O)[O-])c1C. The van der Waals surface area contributed by atoms with Crippen LogP contribution in [0.1, 0.15) is 26.3 Å². The predicted octanol–water partition coefficient (Wildman–Crippen LogP) is 2.49. The van der Waals surface area contributed by atoms with Gasteiger partial charge in [0.15, 0.2) is 6.61 Å². The number of nitro benzene ring substituents is 1. The molecule has 0 saturated carbocycles. The van der Waals surface area contributed by atoms with Crippen molar-refractivity contribution in [2.24, 2.45) is 0 Å². The third-order valence-corrected chi connectivity index (χ3v) is 3.66. The van der Waals surface area contributed by atoms with E-state index < -0.39 is 29.4 Å². The minimum absolute atomic E-state index is 0.00744. The van der Waals surface area contributed by atoms with E-state index in [1.165, 1.54) is 44.4 Å². The van der Waals surface area contributed by atoms with Gasteiger partial charge in [0.1, 0.15) is 0 Å². The molecule has 1 amide bonds. The highest BCUT2D eigenvalue weighted by atomic mass is 16.6. The molecule has 0 radical (unpaired) electrons. The standard InChI is InChI=1S/C18H16N2O7/c1-11-12(7-5-9-15(11)20(24)25)18(23)27-10-16(21)19-14-8-4-3-6-13(14)17(22)26-2/h3-9H,10H2,1-2H3,(H,19,21). The Hall–Kier alpha value is -3.75. The molecule has 0 unspecified atom stereocenters. The Morgan fingerprint density at radius 2 is 1.70 bits per heavy atom. The second-order valence-electron chi connectivity index (χ2n) is 5.37. The number of carbonyl (C=O) groups is 3. The molecule has 140 valence electrons. The van der Waals surface area contributed by atoms with Crippen LogP contribution >= 0.6 is 0 Å². The van der Waals surface area contributed by atoms with Crippen LogP contribution in [0.3, 0.4) is 0 Å². The average Bonchev–Trinajstić information content (AvgIpc) is 2.65. The maximum atomic E-state index is 12.1. The molecule has 0 bridgehead atoms. The summed E-state index contributed by atoms with van der Waals surface area (Å²) in [4.78, 5) is 46.1. The zero-order chi connectivity index (χ0) is 20.0. The van der Waals surface area contributed by atoms with Crippen molar-refractivity contribution in [3.8, 4) is 0 Å². The molecule has 27 heavy (non-hydrogen) atoms. The molecule has 0 aliphatic rings. The number of carbonyl (C=O) groups excluding carboxylic acids is 3. The Bertz CT molecular complexity index is 908. The lowest BCUT2D eigenvalue weighted by molar-refractivity contribution is -0.385. The van der Waals surface area contributed by atoms with Gasteiger partial charge in [-0.25, -0.2) is 9.59 Å². The number of para-hydroxylation sites is 1. The Morgan fingerprint density at radius 1 is 1.04 bits per heavy atom. The molecular weight excluding hydrogens is 356 g/mol. The Labute approximate surface area is 154 Å². The number of anilines is 1. The van der Waals surface area contributed by atoms with E-state index in [1.807, 2.05) is 0 Å². The van der Waals surface area contributed by atoms with Crippen LogP contribution in [0.25, 0.3) is 0 Å². The fraction of sp³-hybridized carbons (Fsp3) is 0.167. The Balaban J connectivity index is 2.05. The number of rotatable bonds is 6. The summed E-state index contributed by atoms with van der Waals surface area (Å²) in [7, 11) is 1.21. The van der Waals surface area contributed by atoms with Gasteiger partial charge in [0.25, 0.3) is 11.6 Å². The number of hydrogen-bond donors (Lipinski definition) is 1. The third kappa shape index (κ3) is 4.66. The Kier molecular flexibility index (Phi) is 6.21. The number of ether oxygens (including phenoxy) is 2. The first-order valence-electron chi connectivity index (χ1n) is 7.73. The van der Waals surface area contributed by atoms with Crippen molar-refractivity contribution in [1.29, 1.82) is 0 Å². The highest BCUT2D eigenvalue weighted by Crippen LogP contribution is 2.21. The molecule has 2 aromatic carbocycles. The van der Waals surface area contributed by atoms with Crippen molar-refractivity contribution < 1.29 is 28.8 Å². The molecule has 1 N–H and O–H groups in total. The van der Waals surface area contributed by atoms with Crippen molar-refractivity contribution in [3.05, 3.63) is 69.3 Å². The van der Waals surface area contributed by atoms with Crippen LogP contribution < -0.4 is 5.32 Å². The number of amides is 1. The van der Waals surface area contributed by atoms with Crippen molar-refractivity contribution in [2.45, 2.75) is 6.92 Å². The van der Waals surface area contributed by atoms with Gasteiger partial charge in [-0.3, -0.25) is 14.9 Å². The molecule has 2 aromatic rings. The van der Waals surface area contributed by atoms with E-state index in [0.29, 0.717) is 0 Å². The van der Waals surface area contributed by atoms with Crippen LogP contribution in [-0.2, 0) is 14.3 Å². The second-order valence-corrected chi connectivity index (χ2v) is 5.37. The van der Waals surface area contributed by atoms with Gasteiger partial charge >= 0.3 is 11.9 Å². The van der Waals surface area contributed by atoms with Crippen molar-refractivity contribution in [2.75, 3.05) is 19.0 Å². The smallest absolute Gasteiger partial charge is 0.339 e. The normalized spacial score (nSPS) is 10.0. The molecule has 0 saturated heterocycles. The largest absolute Gasteiger partial charge is 0.465 e. The fourth-order valence-electron chi connectivity index (χ4n) is 2.32. The van der Waals surface area contributed by atoms with Gasteiger partial charge in [-0.05, 0) is 25.1 Å². The summed E-state index contributed by atoms with van der Waals surface area (Å²) in [5.41, 5.74) is 0.267. The zero-order valence-electron chi connectivity index (χ0n) is 14.6. The van der Waals surface area contributed by atoms with E-state index in [1.54, 1.807) is 12.1 Å². The van der Waals surface area contributed by atoms with Crippen LogP contribution in [0.2, 0.25) is 0 Å². The summed E-state index contributed by atoms with van der Waals surface area (Å²) in [6.45, 7) is 0.790. The zero-order valence-corrected chi connectivity index (χ0v) is 14.6. The van der Waals surface area contributed by atoms with Crippen molar-refractivity contribution in [3.63, 3.8) is 0 Å². The number of nitrogens with zero attached hydrogens (tertiary/aromatic N) is 1. The van der Waals surface area contributed by atoms with Crippen LogP contribution in [-0.4, -0.2) is 36.5 Å². The van der Waals surface area contributed by atoms with Gasteiger partial charge in [0, 0.05) is 11.6 Å². The molecule has 0 aliphatic carbocycles. The number of nitro groups is 1. The number of hydrogen-bond acceptors (Lipinski definition) is 7. The first-order chi connectivity index (χ1) is 12.8. The van der Waals surface area contributed by atoms with E-state index in [4.69, 9.17) is 4.74 Å². The van der Waals surface area contributed by atoms with E-state index in [-0.39, 0.29) is 28.1 Å². The summed E-state index contributed by atoms with van der Waals surface area (Å²) in [5.74, 6) is -2.18. The topological polar surface area (TPSA) is 125 Å². The Morgan fingerprint density at radius 3 is 2.37 bits per heavy atom. The van der Waals surface area contributed by atoms with Crippen LogP contribution in [0.5, 0.6) is 0 Å². The lowest BCUT2D eigenvalue weighted by atomic mass is 10.1. The highest BCUT2D eigenvalue weighted by molar-refractivity contribution is 6.02. The second kappa shape index (κ2) is 8.56. The lowest BCUT2D eigenvalue weighted by Crippen LogP contribution is -2.22. The molecule has 2 rings (SSSR count). The predicted molar refractivity (Wildman–Crippen MR) is 94.5 cm³/mol. The first kappa shape index (κ1) is 19.6. The molecule has 9 nitrogen and oxygen atoms in total. The van der Waals surface area contributed by atoms with Gasteiger partial charge in [0.05, 0.1) is 28.8 Å². The molecule has 0 aliphatic heterocycles. The maximum absolute atomic E-state index is 12.1. The number of esters is 2. The van der Waals surface area contributed by atoms with Gasteiger partial charge in [-0.2, -0.15) is 0 Å². The number of methoxy groups -OCH3 is 1. The minimum Gasteiger partial charge on any atom is -0.465 e. The molecule has 0 heterocycles. The number of nitrogens with one attached hydrogen (secondary N) is 1. The van der Waals surface area contributed by atoms with Crippen molar-refractivity contribution in [1.82, 2.24) is 0 Å². The van der Waals surface area contributed by atoms with E-state index >= 15 is 0 Å². The summed E-state index contributed by atoms with van der Waals surface area (Å²) in [5, 5.41) is 13.4. The first-order valence-corrected chi connectivity index (χ1v) is 7.73. The van der Waals surface area contributed by atoms with Gasteiger partial charge < -0.3 is 14.8 Å². The molecular formula is C18H16N2O7. The average molecular weight is 372 g/mol. The van der Waals surface area contributed by atoms with E-state index in [9.17, 15) is 24.5 Å². The van der Waals surface area contributed by atoms with Crippen LogP contribution in [0.15, 0.2) is 42.5 Å². The lowest BCUT2D eigenvalue weighted by Gasteiger charge is -2.10. The fourth-order valence-corrected chi connectivity index (χ4v) is 2.32. The summed E-state index contributed by atoms with van der Waals surface area (Å²) < 4.78 is 9.54. The monoisotopic (exact) mass is 372 g/mol. The van der Waals surface area contributed by atoms with Gasteiger partial charge in [-0.1, -0.05) is 18.2 Å². The van der Waals surface area contributed by atoms with Crippen LogP contribution in [0.4, 0.5) is 11.4 Å². The summed E-state index contributed by atoms with van der Waals surface area (Å²) in [6, 6.07) is 10.2. The van der Waals surface area contributed by atoms with Gasteiger partial charge in [-0.15, -0.1) is 0 Å². The maximum Gasteiger partial charge on any atom is 0.339 e. The summed E-state index contributed by atoms with van der Waals surface area (Å²) >= 11 is 0. The molecule has 9 heteroatoms. The van der Waals surface area contributed by atoms with Gasteiger partial charge in [0.2, 0.25) is 0 Å². The number of benzene rings is 2. The van der Waals surface area contributed by atoms with Crippen LogP contribution in [0, 0.1) is 17.0 Å². The molecule has 0 spiro atoms. The highest BCUT2D eigenvalue weighted by Gasteiger charge is 2.20. The summed E-state index contributed by atoms with van der Waals surface area (Å²) in [6.07, 6.45) is 0. The third-order valence-electron chi connectivity index (χ3n) is 3.66. The molecule has 0 fully saturated rings. The molecule has 0 atom stereocenters. The molecule has 0 aromatic heterocycles. The quantitative estimate of drug-likeness (QED) is 0.469. The van der Waals surface area contributed by atoms with E-state index in [2.05, 4.69) is 10.1 Å². The van der Waals surface area contributed by atoms with Crippen molar-refractivity contribution >= 4 is 29.2 Å².